The molecular weight excluding hydrogens is 312 g/mol. The molecule has 2 aromatic heterocycles. The second-order valence-corrected chi connectivity index (χ2v) is 5.19. The first-order valence-corrected chi connectivity index (χ1v) is 7.36. The van der Waals surface area contributed by atoms with Gasteiger partial charge in [-0.2, -0.15) is 4.98 Å². The van der Waals surface area contributed by atoms with Crippen molar-refractivity contribution < 1.29 is 9.15 Å². The van der Waals surface area contributed by atoms with Crippen molar-refractivity contribution in [2.24, 2.45) is 0 Å². The summed E-state index contributed by atoms with van der Waals surface area (Å²) in [6, 6.07) is 17.2. The molecule has 0 amide bonds. The topological polar surface area (TPSA) is 57.5 Å². The Morgan fingerprint density at radius 3 is 2.57 bits per heavy atom. The molecule has 0 fully saturated rings. The van der Waals surface area contributed by atoms with Gasteiger partial charge in [-0.1, -0.05) is 30.3 Å². The molecule has 0 aliphatic heterocycles. The van der Waals surface area contributed by atoms with Crippen LogP contribution >= 0.6 is 12.2 Å². The molecule has 0 atom stereocenters. The quantitative estimate of drug-likeness (QED) is 0.540. The summed E-state index contributed by atoms with van der Waals surface area (Å²) in [5.74, 6) is 1.44. The van der Waals surface area contributed by atoms with Gasteiger partial charge in [0.25, 0.3) is 5.89 Å². The molecule has 23 heavy (non-hydrogen) atoms. The van der Waals surface area contributed by atoms with Gasteiger partial charge in [0.15, 0.2) is 0 Å². The van der Waals surface area contributed by atoms with Crippen molar-refractivity contribution in [1.29, 1.82) is 0 Å². The lowest BCUT2D eigenvalue weighted by Gasteiger charge is -2.03. The van der Waals surface area contributed by atoms with Crippen LogP contribution in [-0.2, 0) is 0 Å². The van der Waals surface area contributed by atoms with E-state index in [9.17, 15) is 0 Å². The highest BCUT2D eigenvalue weighted by molar-refractivity contribution is 7.71. The summed E-state index contributed by atoms with van der Waals surface area (Å²) >= 11 is 5.30. The van der Waals surface area contributed by atoms with Crippen molar-refractivity contribution >= 4 is 18.1 Å². The fraction of sp³-hybridized carbons (Fsp3) is 0.0625. The van der Waals surface area contributed by atoms with E-state index in [1.807, 2.05) is 54.6 Å². The van der Waals surface area contributed by atoms with E-state index >= 15 is 0 Å². The Morgan fingerprint density at radius 1 is 1.04 bits per heavy atom. The van der Waals surface area contributed by atoms with Gasteiger partial charge in [0, 0.05) is 0 Å². The number of hydrogen-bond donors (Lipinski definition) is 0. The average molecular weight is 324 g/mol. The van der Waals surface area contributed by atoms with Crippen molar-refractivity contribution in [2.75, 3.05) is 7.11 Å². The van der Waals surface area contributed by atoms with Crippen LogP contribution in [0.15, 0.2) is 59.0 Å². The normalized spacial score (nSPS) is 11.0. The van der Waals surface area contributed by atoms with Crippen molar-refractivity contribution in [2.45, 2.75) is 0 Å². The zero-order valence-electron chi connectivity index (χ0n) is 12.2. The first kappa shape index (κ1) is 13.7. The zero-order valence-corrected chi connectivity index (χ0v) is 13.0. The van der Waals surface area contributed by atoms with Crippen LogP contribution < -0.4 is 4.74 Å². The van der Waals surface area contributed by atoms with E-state index in [0.717, 1.165) is 11.3 Å². The first-order chi connectivity index (χ1) is 11.3. The maximum absolute atomic E-state index is 5.75. The lowest BCUT2D eigenvalue weighted by molar-refractivity contribution is 0.414. The summed E-state index contributed by atoms with van der Waals surface area (Å²) in [6.07, 6.45) is 0. The number of rotatable bonds is 3. The van der Waals surface area contributed by atoms with E-state index in [4.69, 9.17) is 21.4 Å². The summed E-state index contributed by atoms with van der Waals surface area (Å²) in [5.41, 5.74) is 1.62. The molecule has 7 heteroatoms. The summed E-state index contributed by atoms with van der Waals surface area (Å²) in [5, 5.41) is 4.49. The minimum atomic E-state index is 0.333. The molecule has 0 spiro atoms. The van der Waals surface area contributed by atoms with Crippen molar-refractivity contribution in [3.63, 3.8) is 0 Å². The number of benzene rings is 2. The summed E-state index contributed by atoms with van der Waals surface area (Å²) < 4.78 is 14.8. The maximum Gasteiger partial charge on any atom is 0.344 e. The van der Waals surface area contributed by atoms with Gasteiger partial charge in [-0.05, 0) is 36.5 Å². The largest absolute Gasteiger partial charge is 0.496 e. The predicted octanol–water partition coefficient (Wildman–Crippen LogP) is 3.52. The fourth-order valence-corrected chi connectivity index (χ4v) is 2.66. The molecule has 0 aliphatic rings. The molecular formula is C16H12N4O2S. The molecule has 0 unspecified atom stereocenters. The van der Waals surface area contributed by atoms with Gasteiger partial charge in [-0.15, -0.1) is 9.73 Å². The second-order valence-electron chi connectivity index (χ2n) is 4.82. The first-order valence-electron chi connectivity index (χ1n) is 6.95. The van der Waals surface area contributed by atoms with Gasteiger partial charge in [0.2, 0.25) is 4.77 Å². The Hall–Kier alpha value is -2.93. The predicted molar refractivity (Wildman–Crippen MR) is 87.4 cm³/mol. The lowest BCUT2D eigenvalue weighted by Crippen LogP contribution is -2.04. The molecule has 4 rings (SSSR count). The van der Waals surface area contributed by atoms with Crippen molar-refractivity contribution in [3.8, 4) is 22.9 Å². The van der Waals surface area contributed by atoms with Crippen LogP contribution in [0.2, 0.25) is 0 Å². The Labute approximate surface area is 136 Å². The molecule has 2 aromatic carbocycles. The van der Waals surface area contributed by atoms with E-state index in [1.54, 1.807) is 16.4 Å². The third-order valence-electron chi connectivity index (χ3n) is 3.44. The fourth-order valence-electron chi connectivity index (χ4n) is 2.40. The Morgan fingerprint density at radius 2 is 1.78 bits per heavy atom. The maximum atomic E-state index is 5.75. The molecule has 114 valence electrons. The van der Waals surface area contributed by atoms with E-state index in [-0.39, 0.29) is 0 Å². The molecule has 0 bridgehead atoms. The summed E-state index contributed by atoms with van der Waals surface area (Å²) in [4.78, 5) is 4.26. The van der Waals surface area contributed by atoms with E-state index < -0.39 is 0 Å². The lowest BCUT2D eigenvalue weighted by atomic mass is 10.2. The Bertz CT molecular complexity index is 1030. The van der Waals surface area contributed by atoms with Gasteiger partial charge in [-0.3, -0.25) is 0 Å². The molecule has 2 heterocycles. The number of para-hydroxylation sites is 2. The molecule has 6 nitrogen and oxygen atoms in total. The number of nitrogens with zero attached hydrogens (tertiary/aromatic N) is 4. The highest BCUT2D eigenvalue weighted by atomic mass is 32.1. The molecule has 4 aromatic rings. The third-order valence-corrected chi connectivity index (χ3v) is 3.71. The van der Waals surface area contributed by atoms with Gasteiger partial charge < -0.3 is 9.15 Å². The number of aromatic nitrogens is 4. The van der Waals surface area contributed by atoms with Gasteiger partial charge in [0.1, 0.15) is 5.75 Å². The third kappa shape index (κ3) is 2.22. The van der Waals surface area contributed by atoms with Crippen LogP contribution in [0.4, 0.5) is 0 Å². The monoisotopic (exact) mass is 324 g/mol. The molecule has 0 saturated heterocycles. The smallest absolute Gasteiger partial charge is 0.344 e. The number of fused-ring (bicyclic) bond motifs is 1. The van der Waals surface area contributed by atoms with Crippen molar-refractivity contribution in [1.82, 2.24) is 19.4 Å². The van der Waals surface area contributed by atoms with E-state index in [1.165, 1.54) is 0 Å². The van der Waals surface area contributed by atoms with Gasteiger partial charge in [0.05, 0.1) is 18.4 Å². The second kappa shape index (κ2) is 5.36. The highest BCUT2D eigenvalue weighted by Crippen LogP contribution is 2.29. The van der Waals surface area contributed by atoms with Crippen LogP contribution in [0.25, 0.3) is 23.0 Å². The summed E-state index contributed by atoms with van der Waals surface area (Å²) in [6.45, 7) is 0. The SMILES string of the molecule is COc1ccccc1-c1nn2c(nc(=S)n2-c2ccccc2)o1. The van der Waals surface area contributed by atoms with Crippen LogP contribution in [0.5, 0.6) is 5.75 Å². The van der Waals surface area contributed by atoms with Crippen LogP contribution in [0.1, 0.15) is 0 Å². The van der Waals surface area contributed by atoms with E-state index in [0.29, 0.717) is 22.3 Å². The van der Waals surface area contributed by atoms with Crippen LogP contribution in [0, 0.1) is 4.77 Å². The Balaban J connectivity index is 1.93. The Kier molecular flexibility index (Phi) is 3.20. The zero-order chi connectivity index (χ0) is 15.8. The minimum absolute atomic E-state index is 0.333. The summed E-state index contributed by atoms with van der Waals surface area (Å²) in [7, 11) is 1.61. The number of hydrogen-bond acceptors (Lipinski definition) is 5. The van der Waals surface area contributed by atoms with Gasteiger partial charge >= 0.3 is 5.84 Å². The molecule has 0 N–H and O–H groups in total. The van der Waals surface area contributed by atoms with Crippen LogP contribution in [-0.4, -0.2) is 26.5 Å². The number of methoxy groups -OCH3 is 1. The molecule has 0 saturated carbocycles. The van der Waals surface area contributed by atoms with Gasteiger partial charge in [-0.25, -0.2) is 4.68 Å². The van der Waals surface area contributed by atoms with Crippen LogP contribution in [0.3, 0.4) is 0 Å². The van der Waals surface area contributed by atoms with Crippen molar-refractivity contribution in [3.05, 3.63) is 59.4 Å². The minimum Gasteiger partial charge on any atom is -0.496 e. The molecule has 0 radical (unpaired) electrons. The molecule has 0 aliphatic carbocycles. The highest BCUT2D eigenvalue weighted by Gasteiger charge is 2.17. The van der Waals surface area contributed by atoms with E-state index in [2.05, 4.69) is 10.1 Å². The standard InChI is InChI=1S/C16H12N4O2S/c1-21-13-10-6-5-9-12(13)14-18-20-15(22-14)17-16(23)19(20)11-7-3-2-4-8-11/h2-10H,1H3. The number of ether oxygens (including phenoxy) is 1. The average Bonchev–Trinajstić information content (AvgIpc) is 3.12.